The van der Waals surface area contributed by atoms with Crippen LogP contribution < -0.4 is 0 Å². The predicted octanol–water partition coefficient (Wildman–Crippen LogP) is 0.864. The summed E-state index contributed by atoms with van der Waals surface area (Å²) in [5, 5.41) is 0. The molecular formula is C8H15NO3. The topological polar surface area (TPSA) is 38.8 Å². The van der Waals surface area contributed by atoms with Crippen LogP contribution in [0.1, 0.15) is 13.8 Å². The smallest absolute Gasteiger partial charge is 0.409 e. The molecule has 0 radical (unpaired) electrons. The van der Waals surface area contributed by atoms with E-state index in [1.807, 2.05) is 13.8 Å². The molecule has 1 amide bonds. The molecule has 4 nitrogen and oxygen atoms in total. The lowest BCUT2D eigenvalue weighted by atomic mass is 10.1. The number of rotatable bonds is 0. The summed E-state index contributed by atoms with van der Waals surface area (Å²) in [5.74, 6) is 0. The van der Waals surface area contributed by atoms with E-state index in [0.717, 1.165) is 0 Å². The molecule has 0 bridgehead atoms. The van der Waals surface area contributed by atoms with Gasteiger partial charge in [0.05, 0.1) is 25.9 Å². The third-order valence-electron chi connectivity index (χ3n) is 1.86. The first-order valence-corrected chi connectivity index (χ1v) is 4.02. The number of methoxy groups -OCH3 is 1. The van der Waals surface area contributed by atoms with Gasteiger partial charge in [-0.2, -0.15) is 0 Å². The minimum Gasteiger partial charge on any atom is -0.453 e. The maximum atomic E-state index is 11.1. The van der Waals surface area contributed by atoms with E-state index in [4.69, 9.17) is 4.74 Å². The van der Waals surface area contributed by atoms with Gasteiger partial charge in [-0.25, -0.2) is 4.79 Å². The highest BCUT2D eigenvalue weighted by Gasteiger charge is 2.30. The van der Waals surface area contributed by atoms with Crippen LogP contribution in [0.5, 0.6) is 0 Å². The quantitative estimate of drug-likeness (QED) is 0.545. The summed E-state index contributed by atoms with van der Waals surface area (Å²) in [6.45, 7) is 5.72. The molecule has 12 heavy (non-hydrogen) atoms. The van der Waals surface area contributed by atoms with Gasteiger partial charge in [0, 0.05) is 6.54 Å². The Hall–Kier alpha value is -0.770. The Bertz CT molecular complexity index is 179. The molecule has 1 rings (SSSR count). The maximum absolute atomic E-state index is 11.1. The normalized spacial score (nSPS) is 22.1. The van der Waals surface area contributed by atoms with Gasteiger partial charge in [0.1, 0.15) is 0 Å². The highest BCUT2D eigenvalue weighted by Crippen LogP contribution is 2.16. The lowest BCUT2D eigenvalue weighted by Gasteiger charge is -2.37. The van der Waals surface area contributed by atoms with Gasteiger partial charge in [0.15, 0.2) is 0 Å². The first kappa shape index (κ1) is 9.32. The van der Waals surface area contributed by atoms with Gasteiger partial charge in [-0.1, -0.05) is 0 Å². The first-order valence-electron chi connectivity index (χ1n) is 4.02. The molecule has 1 aliphatic rings. The maximum Gasteiger partial charge on any atom is 0.409 e. The fraction of sp³-hybridized carbons (Fsp3) is 0.875. The molecule has 0 aromatic carbocycles. The highest BCUT2D eigenvalue weighted by molar-refractivity contribution is 5.67. The van der Waals surface area contributed by atoms with Crippen LogP contribution in [0.4, 0.5) is 4.79 Å². The minimum absolute atomic E-state index is 0.244. The third kappa shape index (κ3) is 2.11. The lowest BCUT2D eigenvalue weighted by molar-refractivity contribution is -0.0796. The predicted molar refractivity (Wildman–Crippen MR) is 44.0 cm³/mol. The number of morpholine rings is 1. The Morgan fingerprint density at radius 3 is 2.75 bits per heavy atom. The Balaban J connectivity index is 2.52. The Labute approximate surface area is 72.4 Å². The summed E-state index contributed by atoms with van der Waals surface area (Å²) >= 11 is 0. The summed E-state index contributed by atoms with van der Waals surface area (Å²) < 4.78 is 10.1. The van der Waals surface area contributed by atoms with Crippen LogP contribution >= 0.6 is 0 Å². The van der Waals surface area contributed by atoms with Crippen molar-refractivity contribution in [3.63, 3.8) is 0 Å². The van der Waals surface area contributed by atoms with E-state index in [9.17, 15) is 4.79 Å². The molecule has 1 fully saturated rings. The average Bonchev–Trinajstić information content (AvgIpc) is 2.01. The molecule has 1 aliphatic heterocycles. The van der Waals surface area contributed by atoms with Crippen molar-refractivity contribution in [2.75, 3.05) is 26.8 Å². The number of carbonyl (C=O) groups excluding carboxylic acids is 1. The van der Waals surface area contributed by atoms with E-state index in [1.54, 1.807) is 4.90 Å². The van der Waals surface area contributed by atoms with Crippen LogP contribution in [-0.4, -0.2) is 43.4 Å². The van der Waals surface area contributed by atoms with E-state index in [0.29, 0.717) is 19.7 Å². The third-order valence-corrected chi connectivity index (χ3v) is 1.86. The molecule has 0 aromatic rings. The van der Waals surface area contributed by atoms with Gasteiger partial charge in [0.25, 0.3) is 0 Å². The molecule has 0 aliphatic carbocycles. The van der Waals surface area contributed by atoms with E-state index < -0.39 is 0 Å². The second kappa shape index (κ2) is 3.31. The molecule has 70 valence electrons. The van der Waals surface area contributed by atoms with Gasteiger partial charge in [-0.3, -0.25) is 0 Å². The van der Waals surface area contributed by atoms with Gasteiger partial charge in [-0.05, 0) is 13.8 Å². The van der Waals surface area contributed by atoms with Crippen LogP contribution in [0.25, 0.3) is 0 Å². The summed E-state index contributed by atoms with van der Waals surface area (Å²) in [6, 6.07) is 0. The van der Waals surface area contributed by atoms with Crippen molar-refractivity contribution in [3.8, 4) is 0 Å². The van der Waals surface area contributed by atoms with Gasteiger partial charge < -0.3 is 14.4 Å². The molecule has 0 spiro atoms. The van der Waals surface area contributed by atoms with Crippen LogP contribution in [0.2, 0.25) is 0 Å². The molecule has 1 heterocycles. The Morgan fingerprint density at radius 2 is 2.25 bits per heavy atom. The zero-order valence-electron chi connectivity index (χ0n) is 7.79. The van der Waals surface area contributed by atoms with E-state index in [2.05, 4.69) is 4.74 Å². The molecule has 4 heteroatoms. The monoisotopic (exact) mass is 173 g/mol. The second-order valence-electron chi connectivity index (χ2n) is 3.50. The van der Waals surface area contributed by atoms with Crippen LogP contribution in [0.15, 0.2) is 0 Å². The lowest BCUT2D eigenvalue weighted by Crippen LogP contribution is -2.50. The zero-order chi connectivity index (χ0) is 9.19. The number of ether oxygens (including phenoxy) is 2. The summed E-state index contributed by atoms with van der Waals surface area (Å²) in [5.41, 5.74) is -0.244. The summed E-state index contributed by atoms with van der Waals surface area (Å²) in [7, 11) is 1.39. The summed E-state index contributed by atoms with van der Waals surface area (Å²) in [4.78, 5) is 12.8. The molecule has 1 saturated heterocycles. The fourth-order valence-corrected chi connectivity index (χ4v) is 1.30. The number of hydrogen-bond acceptors (Lipinski definition) is 3. The van der Waals surface area contributed by atoms with Crippen molar-refractivity contribution < 1.29 is 14.3 Å². The molecule has 0 atom stereocenters. The molecular weight excluding hydrogens is 158 g/mol. The average molecular weight is 173 g/mol. The van der Waals surface area contributed by atoms with Crippen molar-refractivity contribution in [2.45, 2.75) is 19.4 Å². The number of hydrogen-bond donors (Lipinski definition) is 0. The standard InChI is InChI=1S/C8H15NO3/c1-8(2)6-9(4-5-12-8)7(10)11-3/h4-6H2,1-3H3. The van der Waals surface area contributed by atoms with Gasteiger partial charge in [0.2, 0.25) is 0 Å². The van der Waals surface area contributed by atoms with Gasteiger partial charge >= 0.3 is 6.09 Å². The van der Waals surface area contributed by atoms with E-state index >= 15 is 0 Å². The molecule has 0 unspecified atom stereocenters. The molecule has 0 saturated carbocycles. The van der Waals surface area contributed by atoms with Gasteiger partial charge in [-0.15, -0.1) is 0 Å². The van der Waals surface area contributed by atoms with E-state index in [1.165, 1.54) is 7.11 Å². The SMILES string of the molecule is COC(=O)N1CCOC(C)(C)C1. The van der Waals surface area contributed by atoms with Crippen LogP contribution in [0, 0.1) is 0 Å². The largest absolute Gasteiger partial charge is 0.453 e. The number of amides is 1. The van der Waals surface area contributed by atoms with Crippen molar-refractivity contribution in [1.82, 2.24) is 4.90 Å². The van der Waals surface area contributed by atoms with Crippen LogP contribution in [0.3, 0.4) is 0 Å². The van der Waals surface area contributed by atoms with Crippen LogP contribution in [-0.2, 0) is 9.47 Å². The second-order valence-corrected chi connectivity index (χ2v) is 3.50. The zero-order valence-corrected chi connectivity index (χ0v) is 7.79. The molecule has 0 N–H and O–H groups in total. The Kier molecular flexibility index (Phi) is 2.57. The van der Waals surface area contributed by atoms with Crippen molar-refractivity contribution in [3.05, 3.63) is 0 Å². The number of carbonyl (C=O) groups is 1. The molecule has 0 aromatic heterocycles. The van der Waals surface area contributed by atoms with Crippen molar-refractivity contribution in [1.29, 1.82) is 0 Å². The minimum atomic E-state index is -0.272. The van der Waals surface area contributed by atoms with Crippen molar-refractivity contribution in [2.24, 2.45) is 0 Å². The fourth-order valence-electron chi connectivity index (χ4n) is 1.30. The summed E-state index contributed by atoms with van der Waals surface area (Å²) in [6.07, 6.45) is -0.272. The Morgan fingerprint density at radius 1 is 1.58 bits per heavy atom. The van der Waals surface area contributed by atoms with Crippen molar-refractivity contribution >= 4 is 6.09 Å². The highest BCUT2D eigenvalue weighted by atomic mass is 16.5. The number of nitrogens with zero attached hydrogens (tertiary/aromatic N) is 1. The van der Waals surface area contributed by atoms with E-state index in [-0.39, 0.29) is 11.7 Å². The first-order chi connectivity index (χ1) is 5.55.